The molecule has 1 aromatic heterocycles. The second-order valence-corrected chi connectivity index (χ2v) is 4.17. The highest BCUT2D eigenvalue weighted by Crippen LogP contribution is 2.15. The predicted molar refractivity (Wildman–Crippen MR) is 51.5 cm³/mol. The molecule has 0 radical (unpaired) electrons. The van der Waals surface area contributed by atoms with Gasteiger partial charge < -0.3 is 10.2 Å². The van der Waals surface area contributed by atoms with Gasteiger partial charge in [-0.05, 0) is 19.8 Å². The Bertz CT molecular complexity index is 290. The summed E-state index contributed by atoms with van der Waals surface area (Å²) in [5.41, 5.74) is -0.414. The van der Waals surface area contributed by atoms with Gasteiger partial charge in [-0.3, -0.25) is 4.68 Å². The van der Waals surface area contributed by atoms with Crippen molar-refractivity contribution < 1.29 is 10.2 Å². The SMILES string of the molecule is CC(CO)Cn1cc(C(C)(C)O)nn1. The summed E-state index contributed by atoms with van der Waals surface area (Å²) in [7, 11) is 0. The third kappa shape index (κ3) is 2.78. The lowest BCUT2D eigenvalue weighted by Gasteiger charge is -2.12. The maximum atomic E-state index is 9.63. The molecule has 0 aliphatic carbocycles. The van der Waals surface area contributed by atoms with Crippen molar-refractivity contribution >= 4 is 0 Å². The molecule has 2 N–H and O–H groups in total. The van der Waals surface area contributed by atoms with E-state index in [1.54, 1.807) is 24.7 Å². The number of aliphatic hydroxyl groups is 2. The Labute approximate surface area is 83.4 Å². The summed E-state index contributed by atoms with van der Waals surface area (Å²) < 4.78 is 1.63. The molecule has 5 nitrogen and oxygen atoms in total. The number of aromatic nitrogens is 3. The molecule has 0 amide bonds. The van der Waals surface area contributed by atoms with Crippen LogP contribution in [-0.4, -0.2) is 31.8 Å². The van der Waals surface area contributed by atoms with Crippen LogP contribution in [-0.2, 0) is 12.1 Å². The van der Waals surface area contributed by atoms with Gasteiger partial charge in [-0.1, -0.05) is 12.1 Å². The first-order valence-electron chi connectivity index (χ1n) is 4.67. The van der Waals surface area contributed by atoms with Crippen molar-refractivity contribution in [3.8, 4) is 0 Å². The Morgan fingerprint density at radius 3 is 2.64 bits per heavy atom. The summed E-state index contributed by atoms with van der Waals surface area (Å²) in [4.78, 5) is 0. The maximum absolute atomic E-state index is 9.63. The molecule has 1 unspecified atom stereocenters. The zero-order chi connectivity index (χ0) is 10.8. The van der Waals surface area contributed by atoms with Gasteiger partial charge in [-0.2, -0.15) is 0 Å². The fourth-order valence-corrected chi connectivity index (χ4v) is 1.05. The van der Waals surface area contributed by atoms with Crippen LogP contribution < -0.4 is 0 Å². The first-order valence-corrected chi connectivity index (χ1v) is 4.67. The molecule has 0 saturated heterocycles. The summed E-state index contributed by atoms with van der Waals surface area (Å²) in [6, 6.07) is 0. The molecule has 0 aromatic carbocycles. The second kappa shape index (κ2) is 4.06. The molecule has 1 heterocycles. The number of hydrogen-bond acceptors (Lipinski definition) is 4. The van der Waals surface area contributed by atoms with Crippen LogP contribution in [0.1, 0.15) is 26.5 Å². The first-order chi connectivity index (χ1) is 6.43. The van der Waals surface area contributed by atoms with Crippen molar-refractivity contribution in [1.29, 1.82) is 0 Å². The Morgan fingerprint density at radius 1 is 1.57 bits per heavy atom. The number of hydrogen-bond donors (Lipinski definition) is 2. The van der Waals surface area contributed by atoms with Crippen LogP contribution in [0.5, 0.6) is 0 Å². The van der Waals surface area contributed by atoms with E-state index in [9.17, 15) is 5.11 Å². The lowest BCUT2D eigenvalue weighted by Crippen LogP contribution is -2.16. The molecule has 1 rings (SSSR count). The lowest BCUT2D eigenvalue weighted by molar-refractivity contribution is 0.0737. The van der Waals surface area contributed by atoms with Crippen molar-refractivity contribution in [1.82, 2.24) is 15.0 Å². The largest absolute Gasteiger partial charge is 0.396 e. The van der Waals surface area contributed by atoms with Crippen molar-refractivity contribution in [3.63, 3.8) is 0 Å². The highest BCUT2D eigenvalue weighted by molar-refractivity contribution is 5.02. The zero-order valence-corrected chi connectivity index (χ0v) is 8.80. The van der Waals surface area contributed by atoms with E-state index >= 15 is 0 Å². The quantitative estimate of drug-likeness (QED) is 0.723. The minimum atomic E-state index is -0.958. The van der Waals surface area contributed by atoms with E-state index in [-0.39, 0.29) is 12.5 Å². The highest BCUT2D eigenvalue weighted by Gasteiger charge is 2.20. The number of rotatable bonds is 4. The minimum Gasteiger partial charge on any atom is -0.396 e. The standard InChI is InChI=1S/C9H17N3O2/c1-7(6-13)4-12-5-8(10-11-12)9(2,3)14/h5,7,13-14H,4,6H2,1-3H3. The molecule has 80 valence electrons. The maximum Gasteiger partial charge on any atom is 0.114 e. The third-order valence-electron chi connectivity index (χ3n) is 1.98. The smallest absolute Gasteiger partial charge is 0.114 e. The second-order valence-electron chi connectivity index (χ2n) is 4.17. The van der Waals surface area contributed by atoms with E-state index in [1.165, 1.54) is 0 Å². The highest BCUT2D eigenvalue weighted by atomic mass is 16.3. The van der Waals surface area contributed by atoms with E-state index in [0.717, 1.165) is 0 Å². The van der Waals surface area contributed by atoms with Gasteiger partial charge in [0.2, 0.25) is 0 Å². The van der Waals surface area contributed by atoms with Gasteiger partial charge in [-0.15, -0.1) is 5.10 Å². The van der Waals surface area contributed by atoms with Crippen molar-refractivity contribution in [2.45, 2.75) is 32.9 Å². The third-order valence-corrected chi connectivity index (χ3v) is 1.98. The van der Waals surface area contributed by atoms with Gasteiger partial charge in [0.25, 0.3) is 0 Å². The normalized spacial score (nSPS) is 14.4. The van der Waals surface area contributed by atoms with Gasteiger partial charge in [0.15, 0.2) is 0 Å². The fraction of sp³-hybridized carbons (Fsp3) is 0.778. The summed E-state index contributed by atoms with van der Waals surface area (Å²) in [6.07, 6.45) is 1.70. The number of aliphatic hydroxyl groups excluding tert-OH is 1. The predicted octanol–water partition coefficient (Wildman–Crippen LogP) is 0.134. The molecule has 5 heteroatoms. The average molecular weight is 199 g/mol. The molecule has 0 aliphatic heterocycles. The Kier molecular flexibility index (Phi) is 3.23. The molecule has 1 atom stereocenters. The van der Waals surface area contributed by atoms with E-state index in [1.807, 2.05) is 6.92 Å². The van der Waals surface area contributed by atoms with Crippen LogP contribution in [0.25, 0.3) is 0 Å². The van der Waals surface area contributed by atoms with Crippen LogP contribution in [0, 0.1) is 5.92 Å². The van der Waals surface area contributed by atoms with Crippen LogP contribution in [0.3, 0.4) is 0 Å². The lowest BCUT2D eigenvalue weighted by atomic mass is 10.1. The molecule has 1 aromatic rings. The Morgan fingerprint density at radius 2 is 2.21 bits per heavy atom. The van der Waals surface area contributed by atoms with Gasteiger partial charge in [0.1, 0.15) is 11.3 Å². The van der Waals surface area contributed by atoms with E-state index in [0.29, 0.717) is 12.2 Å². The number of nitrogens with zero attached hydrogens (tertiary/aromatic N) is 3. The topological polar surface area (TPSA) is 71.2 Å². The minimum absolute atomic E-state index is 0.123. The van der Waals surface area contributed by atoms with Crippen molar-refractivity contribution in [2.24, 2.45) is 5.92 Å². The average Bonchev–Trinajstić information content (AvgIpc) is 2.51. The molecule has 14 heavy (non-hydrogen) atoms. The zero-order valence-electron chi connectivity index (χ0n) is 8.80. The van der Waals surface area contributed by atoms with Crippen molar-refractivity contribution in [3.05, 3.63) is 11.9 Å². The molecular weight excluding hydrogens is 182 g/mol. The molecule has 0 fully saturated rings. The van der Waals surface area contributed by atoms with Crippen LogP contribution in [0.15, 0.2) is 6.20 Å². The van der Waals surface area contributed by atoms with E-state index < -0.39 is 5.60 Å². The van der Waals surface area contributed by atoms with Crippen LogP contribution in [0.4, 0.5) is 0 Å². The van der Waals surface area contributed by atoms with Gasteiger partial charge >= 0.3 is 0 Å². The molecule has 0 spiro atoms. The van der Waals surface area contributed by atoms with Gasteiger partial charge in [-0.25, -0.2) is 0 Å². The van der Waals surface area contributed by atoms with E-state index in [4.69, 9.17) is 5.11 Å². The summed E-state index contributed by atoms with van der Waals surface area (Å²) in [5, 5.41) is 26.2. The van der Waals surface area contributed by atoms with Gasteiger partial charge in [0, 0.05) is 13.2 Å². The van der Waals surface area contributed by atoms with E-state index in [2.05, 4.69) is 10.3 Å². The molecule has 0 saturated carbocycles. The first kappa shape index (κ1) is 11.1. The van der Waals surface area contributed by atoms with Crippen LogP contribution >= 0.6 is 0 Å². The molecular formula is C9H17N3O2. The fourth-order valence-electron chi connectivity index (χ4n) is 1.05. The monoisotopic (exact) mass is 199 g/mol. The molecule has 0 aliphatic rings. The summed E-state index contributed by atoms with van der Waals surface area (Å²) >= 11 is 0. The summed E-state index contributed by atoms with van der Waals surface area (Å²) in [5.74, 6) is 0.145. The molecule has 0 bridgehead atoms. The van der Waals surface area contributed by atoms with Gasteiger partial charge in [0.05, 0.1) is 6.20 Å². The Balaban J connectivity index is 2.69. The summed E-state index contributed by atoms with van der Waals surface area (Å²) in [6.45, 7) is 5.98. The van der Waals surface area contributed by atoms with Crippen molar-refractivity contribution in [2.75, 3.05) is 6.61 Å². The Hall–Kier alpha value is -0.940. The van der Waals surface area contributed by atoms with Crippen LogP contribution in [0.2, 0.25) is 0 Å².